The first-order chi connectivity index (χ1) is 7.74. The largest absolute Gasteiger partial charge is 0.399 e. The van der Waals surface area contributed by atoms with Gasteiger partial charge in [-0.05, 0) is 19.1 Å². The molecule has 1 aromatic carbocycles. The fourth-order valence-electron chi connectivity index (χ4n) is 1.73. The Labute approximate surface area is 97.2 Å². The average Bonchev–Trinajstić information content (AvgIpc) is 2.81. The Kier molecular flexibility index (Phi) is 1.97. The van der Waals surface area contributed by atoms with Gasteiger partial charge in [-0.1, -0.05) is 12.1 Å². The number of rotatable bonds is 1. The highest BCUT2D eigenvalue weighted by Gasteiger charge is 2.07. The molecule has 0 atom stereocenters. The molecule has 3 aromatic rings. The summed E-state index contributed by atoms with van der Waals surface area (Å²) in [4.78, 5) is 5.59. The maximum absolute atomic E-state index is 5.76. The van der Waals surface area contributed by atoms with Crippen LogP contribution in [0.2, 0.25) is 0 Å². The second-order valence-corrected chi connectivity index (χ2v) is 4.62. The second-order valence-electron chi connectivity index (χ2n) is 3.78. The number of nitrogens with two attached hydrogens (primary N) is 1. The van der Waals surface area contributed by atoms with Gasteiger partial charge in [0.25, 0.3) is 0 Å². The summed E-state index contributed by atoms with van der Waals surface area (Å²) in [5.41, 5.74) is 9.78. The van der Waals surface area contributed by atoms with Crippen molar-refractivity contribution in [2.45, 2.75) is 6.92 Å². The molecule has 0 saturated carbocycles. The van der Waals surface area contributed by atoms with Gasteiger partial charge in [0.15, 0.2) is 4.96 Å². The van der Waals surface area contributed by atoms with E-state index in [1.807, 2.05) is 24.3 Å². The molecule has 16 heavy (non-hydrogen) atoms. The fourth-order valence-corrected chi connectivity index (χ4v) is 2.58. The minimum atomic E-state index is 0.769. The van der Waals surface area contributed by atoms with Crippen LogP contribution in [-0.4, -0.2) is 9.38 Å². The van der Waals surface area contributed by atoms with E-state index in [4.69, 9.17) is 5.73 Å². The zero-order chi connectivity index (χ0) is 11.1. The molecular formula is C12H11N3S. The molecule has 3 nitrogen and oxygen atoms in total. The number of aryl methyl sites for hydroxylation is 1. The van der Waals surface area contributed by atoms with Crippen LogP contribution >= 0.6 is 11.3 Å². The predicted octanol–water partition coefficient (Wildman–Crippen LogP) is 2.95. The van der Waals surface area contributed by atoms with Crippen LogP contribution in [0.4, 0.5) is 5.69 Å². The minimum Gasteiger partial charge on any atom is -0.399 e. The summed E-state index contributed by atoms with van der Waals surface area (Å²) in [6, 6.07) is 7.80. The lowest BCUT2D eigenvalue weighted by molar-refractivity contribution is 1.13. The number of benzene rings is 1. The Morgan fingerprint density at radius 3 is 3.00 bits per heavy atom. The van der Waals surface area contributed by atoms with Crippen molar-refractivity contribution in [2.24, 2.45) is 0 Å². The van der Waals surface area contributed by atoms with Crippen molar-refractivity contribution in [1.82, 2.24) is 9.38 Å². The van der Waals surface area contributed by atoms with E-state index >= 15 is 0 Å². The molecule has 0 aliphatic rings. The Morgan fingerprint density at radius 2 is 2.25 bits per heavy atom. The number of fused-ring (bicyclic) bond motifs is 1. The lowest BCUT2D eigenvalue weighted by Crippen LogP contribution is -1.85. The van der Waals surface area contributed by atoms with Crippen molar-refractivity contribution in [3.8, 4) is 11.3 Å². The summed E-state index contributed by atoms with van der Waals surface area (Å²) in [5, 5.41) is 2.10. The third-order valence-electron chi connectivity index (χ3n) is 2.57. The predicted molar refractivity (Wildman–Crippen MR) is 67.7 cm³/mol. The highest BCUT2D eigenvalue weighted by Crippen LogP contribution is 2.24. The van der Waals surface area contributed by atoms with Crippen LogP contribution in [0.5, 0.6) is 0 Å². The number of nitrogen functional groups attached to an aromatic ring is 1. The van der Waals surface area contributed by atoms with Crippen molar-refractivity contribution in [3.05, 3.63) is 41.5 Å². The Morgan fingerprint density at radius 1 is 1.38 bits per heavy atom. The fraction of sp³-hybridized carbons (Fsp3) is 0.0833. The molecule has 0 bridgehead atoms. The van der Waals surface area contributed by atoms with Crippen LogP contribution < -0.4 is 5.73 Å². The van der Waals surface area contributed by atoms with E-state index in [1.165, 1.54) is 5.69 Å². The summed E-state index contributed by atoms with van der Waals surface area (Å²) in [7, 11) is 0. The van der Waals surface area contributed by atoms with Gasteiger partial charge >= 0.3 is 0 Å². The number of imidazole rings is 1. The molecule has 0 unspecified atom stereocenters. The average molecular weight is 229 g/mol. The van der Waals surface area contributed by atoms with Crippen LogP contribution in [0.1, 0.15) is 5.69 Å². The SMILES string of the molecule is Cc1csc2nc(-c3cccc(N)c3)cn12. The Bertz CT molecular complexity index is 651. The van der Waals surface area contributed by atoms with Crippen molar-refractivity contribution in [2.75, 3.05) is 5.73 Å². The van der Waals surface area contributed by atoms with Crippen LogP contribution in [-0.2, 0) is 0 Å². The monoisotopic (exact) mass is 229 g/mol. The molecule has 0 fully saturated rings. The smallest absolute Gasteiger partial charge is 0.194 e. The van der Waals surface area contributed by atoms with E-state index in [2.05, 4.69) is 27.9 Å². The Balaban J connectivity index is 2.19. The summed E-state index contributed by atoms with van der Waals surface area (Å²) >= 11 is 1.65. The molecule has 2 N–H and O–H groups in total. The van der Waals surface area contributed by atoms with Crippen molar-refractivity contribution in [1.29, 1.82) is 0 Å². The maximum Gasteiger partial charge on any atom is 0.194 e. The number of nitrogens with zero attached hydrogens (tertiary/aromatic N) is 2. The van der Waals surface area contributed by atoms with Crippen LogP contribution in [0.25, 0.3) is 16.2 Å². The molecule has 2 heterocycles. The van der Waals surface area contributed by atoms with E-state index in [0.29, 0.717) is 0 Å². The molecule has 0 aliphatic carbocycles. The van der Waals surface area contributed by atoms with Gasteiger partial charge in [0.1, 0.15) is 0 Å². The van der Waals surface area contributed by atoms with Gasteiger partial charge in [-0.25, -0.2) is 4.98 Å². The van der Waals surface area contributed by atoms with Crippen molar-refractivity contribution < 1.29 is 0 Å². The van der Waals surface area contributed by atoms with Crippen molar-refractivity contribution >= 4 is 22.0 Å². The van der Waals surface area contributed by atoms with Gasteiger partial charge < -0.3 is 5.73 Å². The van der Waals surface area contributed by atoms with Gasteiger partial charge in [-0.2, -0.15) is 0 Å². The minimum absolute atomic E-state index is 0.769. The van der Waals surface area contributed by atoms with Gasteiger partial charge in [-0.15, -0.1) is 11.3 Å². The first kappa shape index (κ1) is 9.42. The summed E-state index contributed by atoms with van der Waals surface area (Å²) < 4.78 is 2.10. The first-order valence-electron chi connectivity index (χ1n) is 5.03. The third-order valence-corrected chi connectivity index (χ3v) is 3.53. The molecule has 0 radical (unpaired) electrons. The molecular weight excluding hydrogens is 218 g/mol. The van der Waals surface area contributed by atoms with E-state index in [0.717, 1.165) is 21.9 Å². The van der Waals surface area contributed by atoms with Gasteiger partial charge in [0, 0.05) is 28.5 Å². The van der Waals surface area contributed by atoms with Crippen molar-refractivity contribution in [3.63, 3.8) is 0 Å². The summed E-state index contributed by atoms with van der Waals surface area (Å²) in [5.74, 6) is 0. The molecule has 0 saturated heterocycles. The number of anilines is 1. The number of aromatic nitrogens is 2. The topological polar surface area (TPSA) is 43.3 Å². The van der Waals surface area contributed by atoms with Gasteiger partial charge in [0.05, 0.1) is 5.69 Å². The zero-order valence-corrected chi connectivity index (χ0v) is 9.66. The second kappa shape index (κ2) is 3.35. The zero-order valence-electron chi connectivity index (χ0n) is 8.84. The quantitative estimate of drug-likeness (QED) is 0.652. The third kappa shape index (κ3) is 1.39. The van der Waals surface area contributed by atoms with Gasteiger partial charge in [-0.3, -0.25) is 4.40 Å². The van der Waals surface area contributed by atoms with Gasteiger partial charge in [0.2, 0.25) is 0 Å². The van der Waals surface area contributed by atoms with E-state index in [1.54, 1.807) is 11.3 Å². The molecule has 0 amide bonds. The summed E-state index contributed by atoms with van der Waals surface area (Å²) in [6.45, 7) is 2.08. The van der Waals surface area contributed by atoms with E-state index in [-0.39, 0.29) is 0 Å². The maximum atomic E-state index is 5.76. The molecule has 0 aliphatic heterocycles. The molecule has 4 heteroatoms. The van der Waals surface area contributed by atoms with Crippen LogP contribution in [0.15, 0.2) is 35.8 Å². The standard InChI is InChI=1S/C12H11N3S/c1-8-7-16-12-14-11(6-15(8)12)9-3-2-4-10(13)5-9/h2-7H,13H2,1H3. The van der Waals surface area contributed by atoms with Crippen LogP contribution in [0.3, 0.4) is 0 Å². The first-order valence-corrected chi connectivity index (χ1v) is 5.91. The van der Waals surface area contributed by atoms with E-state index in [9.17, 15) is 0 Å². The molecule has 2 aromatic heterocycles. The molecule has 0 spiro atoms. The highest BCUT2D eigenvalue weighted by atomic mass is 32.1. The lowest BCUT2D eigenvalue weighted by Gasteiger charge is -1.97. The molecule has 3 rings (SSSR count). The normalized spacial score (nSPS) is 11.1. The highest BCUT2D eigenvalue weighted by molar-refractivity contribution is 7.15. The van der Waals surface area contributed by atoms with E-state index < -0.39 is 0 Å². The Hall–Kier alpha value is -1.81. The lowest BCUT2D eigenvalue weighted by atomic mass is 10.1. The number of hydrogen-bond donors (Lipinski definition) is 1. The number of thiazole rings is 1. The molecule has 80 valence electrons. The van der Waals surface area contributed by atoms with Crippen LogP contribution in [0, 0.1) is 6.92 Å². The summed E-state index contributed by atoms with van der Waals surface area (Å²) in [6.07, 6.45) is 2.05. The number of hydrogen-bond acceptors (Lipinski definition) is 3.